The molecule has 7 rings (SSSR count). The van der Waals surface area contributed by atoms with Crippen LogP contribution in [-0.2, 0) is 23.8 Å². The fourth-order valence-electron chi connectivity index (χ4n) is 6.32. The summed E-state index contributed by atoms with van der Waals surface area (Å²) in [5.41, 5.74) is 0.399. The number of benzene rings is 1. The summed E-state index contributed by atoms with van der Waals surface area (Å²) in [6.45, 7) is 5.58. The van der Waals surface area contributed by atoms with Crippen molar-refractivity contribution in [2.45, 2.75) is 70.7 Å². The van der Waals surface area contributed by atoms with Gasteiger partial charge in [0, 0.05) is 27.0 Å². The third-order valence-electron chi connectivity index (χ3n) is 7.35. The zero-order chi connectivity index (χ0) is 24.3. The highest BCUT2D eigenvalue weighted by molar-refractivity contribution is 14.1. The van der Waals surface area contributed by atoms with E-state index < -0.39 is 23.3 Å². The van der Waals surface area contributed by atoms with Crippen LogP contribution in [0, 0.1) is 27.2 Å². The van der Waals surface area contributed by atoms with Gasteiger partial charge in [-0.25, -0.2) is 4.79 Å². The summed E-state index contributed by atoms with van der Waals surface area (Å²) in [6, 6.07) is 7.86. The maximum absolute atomic E-state index is 12.0. The predicted molar refractivity (Wildman–Crippen MR) is 133 cm³/mol. The normalized spacial score (nSPS) is 28.8. The topological polar surface area (TPSA) is 83.8 Å². The van der Waals surface area contributed by atoms with Crippen LogP contribution in [0.2, 0.25) is 0 Å². The number of ether oxygens (including phenoxy) is 3. The summed E-state index contributed by atoms with van der Waals surface area (Å²) in [4.78, 5) is 35.1. The quantitative estimate of drug-likeness (QED) is 0.228. The van der Waals surface area contributed by atoms with Gasteiger partial charge in [-0.05, 0) is 112 Å². The Balaban J connectivity index is 0.000000142. The minimum absolute atomic E-state index is 0.214. The van der Waals surface area contributed by atoms with Crippen LogP contribution in [-0.4, -0.2) is 34.0 Å². The number of aromatic nitrogens is 1. The molecule has 34 heavy (non-hydrogen) atoms. The van der Waals surface area contributed by atoms with E-state index in [1.807, 2.05) is 45.0 Å². The van der Waals surface area contributed by atoms with E-state index in [4.69, 9.17) is 14.2 Å². The van der Waals surface area contributed by atoms with Crippen molar-refractivity contribution >= 4 is 51.5 Å². The Kier molecular flexibility index (Phi) is 5.93. The Morgan fingerprint density at radius 1 is 1.00 bits per heavy atom. The molecule has 2 heterocycles. The number of esters is 2. The number of halogens is 1. The van der Waals surface area contributed by atoms with E-state index in [0.717, 1.165) is 52.0 Å². The maximum atomic E-state index is 12.0. The van der Waals surface area contributed by atoms with Gasteiger partial charge in [-0.15, -0.1) is 0 Å². The summed E-state index contributed by atoms with van der Waals surface area (Å²) < 4.78 is 19.1. The molecule has 0 radical (unpaired) electrons. The van der Waals surface area contributed by atoms with Crippen molar-refractivity contribution < 1.29 is 28.6 Å². The highest BCUT2D eigenvalue weighted by atomic mass is 127. The monoisotopic (exact) mass is 579 g/mol. The number of hydrogen-bond acceptors (Lipinski definition) is 6. The van der Waals surface area contributed by atoms with Crippen LogP contribution in [0.5, 0.6) is 0 Å². The molecule has 8 heteroatoms. The molecule has 4 aliphatic carbocycles. The highest BCUT2D eigenvalue weighted by Crippen LogP contribution is 2.60. The van der Waals surface area contributed by atoms with Gasteiger partial charge in [0.1, 0.15) is 12.0 Å². The van der Waals surface area contributed by atoms with Gasteiger partial charge in [0.2, 0.25) is 0 Å². The second-order valence-electron chi connectivity index (χ2n) is 11.0. The molecule has 1 saturated heterocycles. The SMILES string of the molecule is CC(C)(C)OC(=O)n1ccc2cc(I)ccc21.O=C1CC(=O)OC2(O1)[C@H]1C[C@H]3C[C@H](C1)C[C@H]2C3. The summed E-state index contributed by atoms with van der Waals surface area (Å²) in [7, 11) is 0. The summed E-state index contributed by atoms with van der Waals surface area (Å²) >= 11 is 2.25. The molecule has 4 bridgehead atoms. The number of rotatable bonds is 0. The van der Waals surface area contributed by atoms with Gasteiger partial charge < -0.3 is 14.2 Å². The van der Waals surface area contributed by atoms with E-state index in [0.29, 0.717) is 0 Å². The van der Waals surface area contributed by atoms with Crippen LogP contribution in [0.15, 0.2) is 30.5 Å². The molecular weight excluding hydrogens is 549 g/mol. The molecular formula is C26H30INO6. The van der Waals surface area contributed by atoms with Crippen LogP contribution < -0.4 is 0 Å². The minimum Gasteiger partial charge on any atom is -0.443 e. The molecule has 0 N–H and O–H groups in total. The molecule has 0 atom stereocenters. The van der Waals surface area contributed by atoms with E-state index in [9.17, 15) is 14.4 Å². The van der Waals surface area contributed by atoms with Crippen molar-refractivity contribution in [3.05, 3.63) is 34.0 Å². The molecule has 182 valence electrons. The van der Waals surface area contributed by atoms with E-state index in [1.54, 1.807) is 6.20 Å². The molecule has 5 fully saturated rings. The van der Waals surface area contributed by atoms with Gasteiger partial charge in [0.15, 0.2) is 0 Å². The first-order chi connectivity index (χ1) is 16.0. The Labute approximate surface area is 212 Å². The van der Waals surface area contributed by atoms with Gasteiger partial charge in [-0.2, -0.15) is 0 Å². The smallest absolute Gasteiger partial charge is 0.418 e. The molecule has 1 aromatic heterocycles. The van der Waals surface area contributed by atoms with Gasteiger partial charge in [0.25, 0.3) is 5.79 Å². The van der Waals surface area contributed by atoms with E-state index >= 15 is 0 Å². The maximum Gasteiger partial charge on any atom is 0.418 e. The standard InChI is InChI=1S/C13H14INO2.C13H16O4/c1-13(2,3)17-12(16)15-7-6-9-8-10(14)4-5-11(9)15;14-11-6-12(15)17-13(16-11)9-2-7-1-8(4-9)5-10(13)3-7/h4-8H,1-3H3;7-10H,1-6H2/t;7-,8-,9-,10+. The third kappa shape index (κ3) is 4.45. The lowest BCUT2D eigenvalue weighted by atomic mass is 9.53. The first kappa shape index (κ1) is 23.6. The lowest BCUT2D eigenvalue weighted by Gasteiger charge is -2.59. The van der Waals surface area contributed by atoms with E-state index in [1.165, 1.54) is 11.0 Å². The molecule has 0 unspecified atom stereocenters. The first-order valence-corrected chi connectivity index (χ1v) is 13.0. The van der Waals surface area contributed by atoms with Gasteiger partial charge in [0.05, 0.1) is 5.52 Å². The summed E-state index contributed by atoms with van der Waals surface area (Å²) in [5, 5.41) is 1.04. The van der Waals surface area contributed by atoms with E-state index in [-0.39, 0.29) is 24.3 Å². The average Bonchev–Trinajstić information content (AvgIpc) is 3.13. The Hall–Kier alpha value is -2.10. The molecule has 5 aliphatic rings. The lowest BCUT2D eigenvalue weighted by molar-refractivity contribution is -0.319. The third-order valence-corrected chi connectivity index (χ3v) is 8.02. The predicted octanol–water partition coefficient (Wildman–Crippen LogP) is 5.66. The lowest BCUT2D eigenvalue weighted by Crippen LogP contribution is -2.63. The molecule has 4 saturated carbocycles. The fraction of sp³-hybridized carbons (Fsp3) is 0.577. The number of hydrogen-bond donors (Lipinski definition) is 0. The van der Waals surface area contributed by atoms with Crippen LogP contribution in [0.3, 0.4) is 0 Å². The molecule has 1 spiro atoms. The first-order valence-electron chi connectivity index (χ1n) is 12.0. The molecule has 2 aromatic rings. The Morgan fingerprint density at radius 3 is 2.15 bits per heavy atom. The van der Waals surface area contributed by atoms with E-state index in [2.05, 4.69) is 22.6 Å². The van der Waals surface area contributed by atoms with Crippen molar-refractivity contribution in [3.63, 3.8) is 0 Å². The van der Waals surface area contributed by atoms with Crippen molar-refractivity contribution in [1.82, 2.24) is 4.57 Å². The number of carbonyl (C=O) groups is 3. The number of fused-ring (bicyclic) bond motifs is 1. The zero-order valence-electron chi connectivity index (χ0n) is 19.7. The van der Waals surface area contributed by atoms with Crippen LogP contribution in [0.1, 0.15) is 59.3 Å². The largest absolute Gasteiger partial charge is 0.443 e. The Bertz CT molecular complexity index is 1100. The molecule has 0 amide bonds. The van der Waals surface area contributed by atoms with Crippen LogP contribution >= 0.6 is 22.6 Å². The zero-order valence-corrected chi connectivity index (χ0v) is 21.9. The van der Waals surface area contributed by atoms with Gasteiger partial charge in [-0.3, -0.25) is 14.2 Å². The molecule has 1 aromatic carbocycles. The number of nitrogens with zero attached hydrogens (tertiary/aromatic N) is 1. The highest BCUT2D eigenvalue weighted by Gasteiger charge is 2.63. The van der Waals surface area contributed by atoms with Gasteiger partial charge in [-0.1, -0.05) is 0 Å². The molecule has 7 nitrogen and oxygen atoms in total. The second kappa shape index (κ2) is 8.53. The summed E-state index contributed by atoms with van der Waals surface area (Å²) in [5.74, 6) is 0.381. The average molecular weight is 579 g/mol. The van der Waals surface area contributed by atoms with Crippen molar-refractivity contribution in [1.29, 1.82) is 0 Å². The second-order valence-corrected chi connectivity index (χ2v) is 12.3. The van der Waals surface area contributed by atoms with Crippen molar-refractivity contribution in [2.24, 2.45) is 23.7 Å². The van der Waals surface area contributed by atoms with Crippen molar-refractivity contribution in [3.8, 4) is 0 Å². The van der Waals surface area contributed by atoms with Crippen molar-refractivity contribution in [2.75, 3.05) is 0 Å². The van der Waals surface area contributed by atoms with Gasteiger partial charge >= 0.3 is 18.0 Å². The van der Waals surface area contributed by atoms with Crippen LogP contribution in [0.4, 0.5) is 4.79 Å². The number of carbonyl (C=O) groups excluding carboxylic acids is 3. The fourth-order valence-corrected chi connectivity index (χ4v) is 6.84. The van der Waals surface area contributed by atoms with Crippen LogP contribution in [0.25, 0.3) is 10.9 Å². The molecule has 1 aliphatic heterocycles. The minimum atomic E-state index is -0.875. The summed E-state index contributed by atoms with van der Waals surface area (Å²) in [6.07, 6.45) is 6.77. The Morgan fingerprint density at radius 2 is 1.59 bits per heavy atom.